The highest BCUT2D eigenvalue weighted by Crippen LogP contribution is 2.37. The normalized spacial score (nSPS) is 23.8. The van der Waals surface area contributed by atoms with E-state index in [-0.39, 0.29) is 31.4 Å². The van der Waals surface area contributed by atoms with Gasteiger partial charge >= 0.3 is 6.03 Å². The molecule has 1 spiro atoms. The van der Waals surface area contributed by atoms with Gasteiger partial charge in [0.15, 0.2) is 0 Å². The van der Waals surface area contributed by atoms with Gasteiger partial charge in [0.25, 0.3) is 5.91 Å². The first-order valence-electron chi connectivity index (χ1n) is 10.5. The largest absolute Gasteiger partial charge is 0.467 e. The van der Waals surface area contributed by atoms with Crippen LogP contribution in [0.1, 0.15) is 50.5 Å². The summed E-state index contributed by atoms with van der Waals surface area (Å²) in [7, 11) is 0. The molecule has 0 aromatic carbocycles. The molecule has 4 amide bonds. The number of imide groups is 1. The number of hydrogen-bond donors (Lipinski definition) is 1. The van der Waals surface area contributed by atoms with Gasteiger partial charge in [0, 0.05) is 0 Å². The zero-order valence-electron chi connectivity index (χ0n) is 17.1. The van der Waals surface area contributed by atoms with Crippen molar-refractivity contribution in [3.63, 3.8) is 0 Å². The van der Waals surface area contributed by atoms with Crippen LogP contribution in [-0.4, -0.2) is 39.7 Å². The second kappa shape index (κ2) is 8.38. The number of nitrogens with one attached hydrogen (secondary N) is 1. The Morgan fingerprint density at radius 2 is 1.73 bits per heavy atom. The highest BCUT2D eigenvalue weighted by atomic mass is 16.3. The average molecular weight is 413 g/mol. The molecule has 30 heavy (non-hydrogen) atoms. The van der Waals surface area contributed by atoms with Gasteiger partial charge in [0.2, 0.25) is 5.91 Å². The molecule has 8 heteroatoms. The van der Waals surface area contributed by atoms with Crippen LogP contribution in [0.5, 0.6) is 0 Å². The summed E-state index contributed by atoms with van der Waals surface area (Å²) in [5.74, 6) is 1.19. The molecule has 2 aliphatic rings. The van der Waals surface area contributed by atoms with Crippen LogP contribution in [0.4, 0.5) is 4.79 Å². The summed E-state index contributed by atoms with van der Waals surface area (Å²) >= 11 is 0. The predicted molar refractivity (Wildman–Crippen MR) is 107 cm³/mol. The molecular formula is C22H27N3O5. The number of hydrogen-bond acceptors (Lipinski definition) is 5. The molecule has 0 atom stereocenters. The van der Waals surface area contributed by atoms with E-state index >= 15 is 0 Å². The van der Waals surface area contributed by atoms with Crippen molar-refractivity contribution in [1.29, 1.82) is 0 Å². The van der Waals surface area contributed by atoms with Crippen LogP contribution in [0, 0.1) is 5.92 Å². The van der Waals surface area contributed by atoms with Gasteiger partial charge in [-0.25, -0.2) is 4.79 Å². The number of nitrogens with zero attached hydrogens (tertiary/aromatic N) is 2. The van der Waals surface area contributed by atoms with Crippen LogP contribution in [0.15, 0.2) is 45.6 Å². The monoisotopic (exact) mass is 413 g/mol. The van der Waals surface area contributed by atoms with Gasteiger partial charge in [-0.2, -0.15) is 0 Å². The van der Waals surface area contributed by atoms with E-state index in [1.165, 1.54) is 4.90 Å². The van der Waals surface area contributed by atoms with E-state index in [4.69, 9.17) is 8.83 Å². The van der Waals surface area contributed by atoms with Crippen LogP contribution in [0.2, 0.25) is 0 Å². The lowest BCUT2D eigenvalue weighted by Crippen LogP contribution is -2.50. The van der Waals surface area contributed by atoms with Crippen molar-refractivity contribution in [3.05, 3.63) is 48.3 Å². The van der Waals surface area contributed by atoms with Gasteiger partial charge in [-0.15, -0.1) is 0 Å². The summed E-state index contributed by atoms with van der Waals surface area (Å²) in [6.45, 7) is 2.29. The van der Waals surface area contributed by atoms with Crippen molar-refractivity contribution in [2.75, 3.05) is 6.54 Å². The van der Waals surface area contributed by atoms with Gasteiger partial charge in [-0.05, 0) is 55.9 Å². The second-order valence-corrected chi connectivity index (χ2v) is 8.16. The fourth-order valence-electron chi connectivity index (χ4n) is 4.39. The van der Waals surface area contributed by atoms with Crippen molar-refractivity contribution in [2.24, 2.45) is 5.92 Å². The lowest BCUT2D eigenvalue weighted by Gasteiger charge is -2.34. The van der Waals surface area contributed by atoms with Gasteiger partial charge in [0.05, 0.1) is 25.6 Å². The molecule has 1 aliphatic carbocycles. The molecule has 1 saturated heterocycles. The van der Waals surface area contributed by atoms with Crippen molar-refractivity contribution < 1.29 is 23.2 Å². The second-order valence-electron chi connectivity index (χ2n) is 8.16. The molecule has 2 aromatic rings. The first-order chi connectivity index (χ1) is 14.5. The van der Waals surface area contributed by atoms with E-state index < -0.39 is 11.6 Å². The van der Waals surface area contributed by atoms with Gasteiger partial charge in [-0.3, -0.25) is 14.5 Å². The van der Waals surface area contributed by atoms with E-state index in [0.29, 0.717) is 30.3 Å². The van der Waals surface area contributed by atoms with Crippen LogP contribution < -0.4 is 5.32 Å². The molecule has 1 saturated carbocycles. The molecule has 2 fully saturated rings. The molecule has 2 aromatic heterocycles. The molecule has 0 radical (unpaired) electrons. The molecule has 0 unspecified atom stereocenters. The molecule has 0 bridgehead atoms. The Labute approximate surface area is 175 Å². The van der Waals surface area contributed by atoms with E-state index in [1.54, 1.807) is 36.8 Å². The minimum atomic E-state index is -0.851. The standard InChI is InChI=1S/C22H27N3O5/c1-2-16-7-9-22(10-8-16)20(27)25(21(28)23-22)15-19(26)24(13-17-5-3-11-29-17)14-18-6-4-12-30-18/h3-6,11-12,16H,2,7-10,13-15H2,1H3,(H,23,28). The quantitative estimate of drug-likeness (QED) is 0.703. The summed E-state index contributed by atoms with van der Waals surface area (Å²) in [6.07, 6.45) is 7.24. The van der Waals surface area contributed by atoms with Crippen LogP contribution >= 0.6 is 0 Å². The summed E-state index contributed by atoms with van der Waals surface area (Å²) in [4.78, 5) is 41.4. The molecule has 8 nitrogen and oxygen atoms in total. The zero-order chi connectivity index (χ0) is 21.1. The predicted octanol–water partition coefficient (Wildman–Crippen LogP) is 3.29. The van der Waals surface area contributed by atoms with E-state index in [1.807, 2.05) is 0 Å². The third-order valence-electron chi connectivity index (χ3n) is 6.28. The summed E-state index contributed by atoms with van der Waals surface area (Å²) in [6, 6.07) is 6.56. The number of urea groups is 1. The van der Waals surface area contributed by atoms with Crippen LogP contribution in [0.25, 0.3) is 0 Å². The highest BCUT2D eigenvalue weighted by molar-refractivity contribution is 6.09. The third kappa shape index (κ3) is 3.99. The van der Waals surface area contributed by atoms with E-state index in [2.05, 4.69) is 12.2 Å². The maximum atomic E-state index is 13.1. The highest BCUT2D eigenvalue weighted by Gasteiger charge is 2.52. The minimum absolute atomic E-state index is 0.222. The number of furan rings is 2. The van der Waals surface area contributed by atoms with Crippen molar-refractivity contribution in [1.82, 2.24) is 15.1 Å². The smallest absolute Gasteiger partial charge is 0.325 e. The molecule has 3 heterocycles. The minimum Gasteiger partial charge on any atom is -0.467 e. The fraction of sp³-hybridized carbons (Fsp3) is 0.500. The van der Waals surface area contributed by atoms with Crippen LogP contribution in [-0.2, 0) is 22.7 Å². The van der Waals surface area contributed by atoms with Crippen LogP contribution in [0.3, 0.4) is 0 Å². The molecular weight excluding hydrogens is 386 g/mol. The Kier molecular flexibility index (Phi) is 5.65. The SMILES string of the molecule is CCC1CCC2(CC1)NC(=O)N(CC(=O)N(Cc1ccco1)Cc1ccco1)C2=O. The average Bonchev–Trinajstić information content (AvgIpc) is 3.48. The maximum Gasteiger partial charge on any atom is 0.325 e. The zero-order valence-corrected chi connectivity index (χ0v) is 17.1. The van der Waals surface area contributed by atoms with Crippen molar-refractivity contribution in [2.45, 2.75) is 57.7 Å². The summed E-state index contributed by atoms with van der Waals surface area (Å²) < 4.78 is 10.7. The topological polar surface area (TPSA) is 96.0 Å². The molecule has 1 aliphatic heterocycles. The maximum absolute atomic E-state index is 13.1. The molecule has 1 N–H and O–H groups in total. The Balaban J connectivity index is 1.46. The summed E-state index contributed by atoms with van der Waals surface area (Å²) in [5.41, 5.74) is -0.851. The Hall–Kier alpha value is -3.03. The fourth-order valence-corrected chi connectivity index (χ4v) is 4.39. The molecule has 160 valence electrons. The van der Waals surface area contributed by atoms with Crippen molar-refractivity contribution >= 4 is 17.8 Å². The van der Waals surface area contributed by atoms with E-state index in [9.17, 15) is 14.4 Å². The van der Waals surface area contributed by atoms with Gasteiger partial charge < -0.3 is 19.1 Å². The molecule has 4 rings (SSSR count). The Morgan fingerprint density at radius 1 is 1.13 bits per heavy atom. The van der Waals surface area contributed by atoms with Gasteiger partial charge in [-0.1, -0.05) is 13.3 Å². The number of amides is 4. The Morgan fingerprint density at radius 3 is 2.23 bits per heavy atom. The lowest BCUT2D eigenvalue weighted by atomic mass is 9.75. The van der Waals surface area contributed by atoms with Gasteiger partial charge in [0.1, 0.15) is 23.6 Å². The van der Waals surface area contributed by atoms with E-state index in [0.717, 1.165) is 24.2 Å². The summed E-state index contributed by atoms with van der Waals surface area (Å²) in [5, 5.41) is 2.88. The number of carbonyl (C=O) groups excluding carboxylic acids is 3. The number of rotatable bonds is 7. The lowest BCUT2D eigenvalue weighted by molar-refractivity contribution is -0.140. The first kappa shape index (κ1) is 20.3. The Bertz CT molecular complexity index is 846. The first-order valence-corrected chi connectivity index (χ1v) is 10.5. The number of carbonyl (C=O) groups is 3. The third-order valence-corrected chi connectivity index (χ3v) is 6.28. The van der Waals surface area contributed by atoms with Crippen molar-refractivity contribution in [3.8, 4) is 0 Å².